The van der Waals surface area contributed by atoms with Crippen molar-refractivity contribution < 1.29 is 9.53 Å². The number of fused-ring (bicyclic) bond motifs is 1. The molecule has 3 atom stereocenters. The molecule has 136 valence electrons. The van der Waals surface area contributed by atoms with Crippen molar-refractivity contribution >= 4 is 5.91 Å². The van der Waals surface area contributed by atoms with Crippen LogP contribution in [0.4, 0.5) is 0 Å². The highest BCUT2D eigenvalue weighted by molar-refractivity contribution is 5.81. The number of aromatic nitrogens is 1. The highest BCUT2D eigenvalue weighted by Gasteiger charge is 2.42. The maximum absolute atomic E-state index is 12.8. The number of pyridine rings is 1. The third kappa shape index (κ3) is 3.72. The van der Waals surface area contributed by atoms with Crippen molar-refractivity contribution in [1.29, 1.82) is 0 Å². The van der Waals surface area contributed by atoms with E-state index < -0.39 is 0 Å². The van der Waals surface area contributed by atoms with Gasteiger partial charge in [0.05, 0.1) is 6.10 Å². The second-order valence-electron chi connectivity index (χ2n) is 7.93. The number of rotatable bonds is 3. The Morgan fingerprint density at radius 1 is 1.12 bits per heavy atom. The number of ether oxygens (including phenoxy) is 1. The summed E-state index contributed by atoms with van der Waals surface area (Å²) in [6, 6.07) is 4.63. The highest BCUT2D eigenvalue weighted by Crippen LogP contribution is 2.33. The van der Waals surface area contributed by atoms with Gasteiger partial charge in [0.1, 0.15) is 6.10 Å². The molecule has 0 aromatic carbocycles. The fourth-order valence-corrected chi connectivity index (χ4v) is 4.55. The minimum Gasteiger partial charge on any atom is -0.363 e. The predicted molar refractivity (Wildman–Crippen MR) is 95.9 cm³/mol. The Labute approximate surface area is 150 Å². The van der Waals surface area contributed by atoms with Gasteiger partial charge in [-0.2, -0.15) is 0 Å². The number of amides is 1. The molecule has 0 spiro atoms. The molecule has 1 aromatic rings. The van der Waals surface area contributed by atoms with Crippen LogP contribution < -0.4 is 0 Å². The molecule has 1 aromatic heterocycles. The summed E-state index contributed by atoms with van der Waals surface area (Å²) in [5, 5.41) is 0. The van der Waals surface area contributed by atoms with Gasteiger partial charge in [-0.1, -0.05) is 6.92 Å². The molecule has 0 bridgehead atoms. The van der Waals surface area contributed by atoms with Crippen molar-refractivity contribution in [2.75, 3.05) is 19.6 Å². The molecule has 3 saturated heterocycles. The van der Waals surface area contributed by atoms with Crippen LogP contribution in [0.3, 0.4) is 0 Å². The summed E-state index contributed by atoms with van der Waals surface area (Å²) >= 11 is 0. The normalized spacial score (nSPS) is 31.1. The molecule has 1 amide bonds. The SMILES string of the molecule is CC1CCN(C(=O)[C@@H]2CC[C@H]3[C@H](CCN3Cc3ccncc3)O2)CC1. The van der Waals surface area contributed by atoms with Crippen molar-refractivity contribution in [3.05, 3.63) is 30.1 Å². The van der Waals surface area contributed by atoms with E-state index in [1.54, 1.807) is 0 Å². The summed E-state index contributed by atoms with van der Waals surface area (Å²) in [4.78, 5) is 21.4. The Morgan fingerprint density at radius 3 is 2.64 bits per heavy atom. The van der Waals surface area contributed by atoms with Crippen LogP contribution in [0.2, 0.25) is 0 Å². The van der Waals surface area contributed by atoms with Gasteiger partial charge in [-0.05, 0) is 55.7 Å². The van der Waals surface area contributed by atoms with E-state index in [2.05, 4.69) is 28.9 Å². The van der Waals surface area contributed by atoms with Crippen molar-refractivity contribution in [2.45, 2.75) is 63.8 Å². The minimum absolute atomic E-state index is 0.212. The van der Waals surface area contributed by atoms with E-state index in [9.17, 15) is 4.79 Å². The first-order valence-corrected chi connectivity index (χ1v) is 9.78. The van der Waals surface area contributed by atoms with Gasteiger partial charge in [0.25, 0.3) is 5.91 Å². The Kier molecular flexibility index (Phi) is 5.04. The van der Waals surface area contributed by atoms with Crippen LogP contribution in [-0.4, -0.2) is 58.6 Å². The maximum atomic E-state index is 12.8. The van der Waals surface area contributed by atoms with E-state index in [1.165, 1.54) is 5.56 Å². The van der Waals surface area contributed by atoms with Gasteiger partial charge >= 0.3 is 0 Å². The summed E-state index contributed by atoms with van der Waals surface area (Å²) in [5.41, 5.74) is 1.30. The van der Waals surface area contributed by atoms with E-state index >= 15 is 0 Å². The number of hydrogen-bond donors (Lipinski definition) is 0. The largest absolute Gasteiger partial charge is 0.363 e. The number of hydrogen-bond acceptors (Lipinski definition) is 4. The third-order valence-corrected chi connectivity index (χ3v) is 6.17. The van der Waals surface area contributed by atoms with Gasteiger partial charge in [-0.15, -0.1) is 0 Å². The predicted octanol–water partition coefficient (Wildman–Crippen LogP) is 2.46. The minimum atomic E-state index is -0.212. The first-order chi connectivity index (χ1) is 12.2. The molecular weight excluding hydrogens is 314 g/mol. The molecule has 4 heterocycles. The quantitative estimate of drug-likeness (QED) is 0.846. The summed E-state index contributed by atoms with van der Waals surface area (Å²) in [6.45, 7) is 6.10. The zero-order valence-corrected chi connectivity index (χ0v) is 15.1. The van der Waals surface area contributed by atoms with Crippen LogP contribution in [0.15, 0.2) is 24.5 Å². The monoisotopic (exact) mass is 343 g/mol. The summed E-state index contributed by atoms with van der Waals surface area (Å²) in [5.74, 6) is 0.982. The van der Waals surface area contributed by atoms with Crippen LogP contribution in [0.1, 0.15) is 44.6 Å². The first kappa shape index (κ1) is 17.0. The lowest BCUT2D eigenvalue weighted by molar-refractivity contribution is -0.155. The lowest BCUT2D eigenvalue weighted by Gasteiger charge is -2.38. The number of carbonyl (C=O) groups is 1. The molecule has 0 N–H and O–H groups in total. The number of likely N-dealkylation sites (tertiary alicyclic amines) is 2. The Morgan fingerprint density at radius 2 is 1.88 bits per heavy atom. The lowest BCUT2D eigenvalue weighted by atomic mass is 9.96. The van der Waals surface area contributed by atoms with Gasteiger partial charge < -0.3 is 9.64 Å². The fourth-order valence-electron chi connectivity index (χ4n) is 4.55. The summed E-state index contributed by atoms with van der Waals surface area (Å²) in [6.07, 6.45) is 8.94. The first-order valence-electron chi connectivity index (χ1n) is 9.78. The molecule has 3 aliphatic rings. The van der Waals surface area contributed by atoms with Crippen molar-refractivity contribution in [3.63, 3.8) is 0 Å². The Hall–Kier alpha value is -1.46. The van der Waals surface area contributed by atoms with Gasteiger partial charge in [0.2, 0.25) is 0 Å². The van der Waals surface area contributed by atoms with Crippen LogP contribution >= 0.6 is 0 Å². The third-order valence-electron chi connectivity index (χ3n) is 6.17. The Bertz CT molecular complexity index is 586. The zero-order valence-electron chi connectivity index (χ0n) is 15.1. The highest BCUT2D eigenvalue weighted by atomic mass is 16.5. The van der Waals surface area contributed by atoms with E-state index in [1.807, 2.05) is 17.3 Å². The van der Waals surface area contributed by atoms with Crippen LogP contribution in [0.5, 0.6) is 0 Å². The van der Waals surface area contributed by atoms with Gasteiger partial charge in [0, 0.05) is 44.6 Å². The smallest absolute Gasteiger partial charge is 0.251 e. The molecule has 5 heteroatoms. The average Bonchev–Trinajstić information content (AvgIpc) is 3.05. The molecule has 0 aliphatic carbocycles. The Balaban J connectivity index is 1.33. The van der Waals surface area contributed by atoms with Crippen molar-refractivity contribution in [2.24, 2.45) is 5.92 Å². The van der Waals surface area contributed by atoms with Crippen LogP contribution in [-0.2, 0) is 16.1 Å². The molecule has 5 nitrogen and oxygen atoms in total. The molecule has 3 aliphatic heterocycles. The van der Waals surface area contributed by atoms with Crippen molar-refractivity contribution in [3.8, 4) is 0 Å². The van der Waals surface area contributed by atoms with E-state index in [0.717, 1.165) is 64.2 Å². The van der Waals surface area contributed by atoms with E-state index in [-0.39, 0.29) is 18.1 Å². The molecule has 0 unspecified atom stereocenters. The van der Waals surface area contributed by atoms with Gasteiger partial charge in [-0.3, -0.25) is 14.7 Å². The zero-order chi connectivity index (χ0) is 17.2. The van der Waals surface area contributed by atoms with Crippen LogP contribution in [0.25, 0.3) is 0 Å². The second-order valence-corrected chi connectivity index (χ2v) is 7.93. The molecular formula is C20H29N3O2. The molecule has 25 heavy (non-hydrogen) atoms. The average molecular weight is 343 g/mol. The number of carbonyl (C=O) groups excluding carboxylic acids is 1. The fraction of sp³-hybridized carbons (Fsp3) is 0.700. The van der Waals surface area contributed by atoms with Gasteiger partial charge in [-0.25, -0.2) is 0 Å². The van der Waals surface area contributed by atoms with E-state index in [0.29, 0.717) is 6.04 Å². The lowest BCUT2D eigenvalue weighted by Crippen LogP contribution is -2.50. The molecule has 0 saturated carbocycles. The maximum Gasteiger partial charge on any atom is 0.251 e. The molecule has 4 rings (SSSR count). The number of nitrogens with zero attached hydrogens (tertiary/aromatic N) is 3. The second kappa shape index (κ2) is 7.42. The summed E-state index contributed by atoms with van der Waals surface area (Å²) in [7, 11) is 0. The van der Waals surface area contributed by atoms with Crippen molar-refractivity contribution in [1.82, 2.24) is 14.8 Å². The van der Waals surface area contributed by atoms with Crippen LogP contribution in [0, 0.1) is 5.92 Å². The standard InChI is InChI=1S/C20H29N3O2/c1-15-6-11-22(12-7-15)20(24)19-3-2-17-18(25-19)8-13-23(17)14-16-4-9-21-10-5-16/h4-5,9-10,15,17-19H,2-3,6-8,11-14H2,1H3/t17-,18-,19-/m0/s1. The molecule has 3 fully saturated rings. The van der Waals surface area contributed by atoms with Gasteiger partial charge in [0.15, 0.2) is 0 Å². The molecule has 0 radical (unpaired) electrons. The number of piperidine rings is 1. The summed E-state index contributed by atoms with van der Waals surface area (Å²) < 4.78 is 6.27. The topological polar surface area (TPSA) is 45.7 Å². The van der Waals surface area contributed by atoms with E-state index in [4.69, 9.17) is 4.74 Å².